The number of hydrogen-bond acceptors (Lipinski definition) is 3. The van der Waals surface area contributed by atoms with Gasteiger partial charge >= 0.3 is 5.97 Å². The van der Waals surface area contributed by atoms with E-state index in [1.165, 1.54) is 0 Å². The van der Waals surface area contributed by atoms with Crippen LogP contribution in [-0.2, 0) is 5.41 Å². The molecule has 20 heavy (non-hydrogen) atoms. The van der Waals surface area contributed by atoms with Crippen LogP contribution in [0.2, 0.25) is 0 Å². The second kappa shape index (κ2) is 4.78. The smallest absolute Gasteiger partial charge is 0.341 e. The molecule has 0 aliphatic carbocycles. The van der Waals surface area contributed by atoms with Crippen molar-refractivity contribution in [3.63, 3.8) is 0 Å². The first-order chi connectivity index (χ1) is 9.20. The van der Waals surface area contributed by atoms with Gasteiger partial charge in [0, 0.05) is 11.0 Å². The second-order valence-electron chi connectivity index (χ2n) is 6.17. The predicted molar refractivity (Wildman–Crippen MR) is 77.1 cm³/mol. The Hall–Kier alpha value is -2.10. The fourth-order valence-corrected chi connectivity index (χ4v) is 2.31. The van der Waals surface area contributed by atoms with E-state index in [9.17, 15) is 9.90 Å². The van der Waals surface area contributed by atoms with Crippen LogP contribution in [0.15, 0.2) is 22.7 Å². The van der Waals surface area contributed by atoms with Gasteiger partial charge in [0.2, 0.25) is 0 Å². The number of nitrogens with zero attached hydrogens (tertiary/aromatic N) is 1. The van der Waals surface area contributed by atoms with Gasteiger partial charge in [-0.25, -0.2) is 4.79 Å². The number of rotatable bonds is 2. The van der Waals surface area contributed by atoms with Crippen molar-refractivity contribution in [1.29, 1.82) is 0 Å². The summed E-state index contributed by atoms with van der Waals surface area (Å²) in [5.41, 5.74) is 3.06. The van der Waals surface area contributed by atoms with Crippen molar-refractivity contribution < 1.29 is 14.4 Å². The molecule has 0 atom stereocenters. The number of benzene rings is 1. The lowest BCUT2D eigenvalue weighted by atomic mass is 9.88. The molecule has 0 radical (unpaired) electrons. The van der Waals surface area contributed by atoms with E-state index in [0.29, 0.717) is 11.5 Å². The zero-order chi connectivity index (χ0) is 15.1. The maximum Gasteiger partial charge on any atom is 0.341 e. The van der Waals surface area contributed by atoms with Crippen molar-refractivity contribution in [3.8, 4) is 11.3 Å². The van der Waals surface area contributed by atoms with E-state index in [0.717, 1.165) is 16.7 Å². The predicted octanol–water partition coefficient (Wildman–Crippen LogP) is 3.95. The number of carboxylic acids is 1. The molecule has 0 unspecified atom stereocenters. The van der Waals surface area contributed by atoms with Crippen LogP contribution in [0.3, 0.4) is 0 Å². The Labute approximate surface area is 118 Å². The SMILES string of the molecule is Cc1cc(C)cc(-c2noc(C(C)(C)C)c2C(=O)O)c1. The first-order valence-corrected chi connectivity index (χ1v) is 6.52. The zero-order valence-electron chi connectivity index (χ0n) is 12.4. The van der Waals surface area contributed by atoms with Crippen molar-refractivity contribution in [2.75, 3.05) is 0 Å². The van der Waals surface area contributed by atoms with Crippen LogP contribution in [0.1, 0.15) is 48.0 Å². The Morgan fingerprint density at radius 3 is 2.15 bits per heavy atom. The minimum Gasteiger partial charge on any atom is -0.477 e. The van der Waals surface area contributed by atoms with Crippen LogP contribution in [-0.4, -0.2) is 16.2 Å². The number of carbonyl (C=O) groups is 1. The van der Waals surface area contributed by atoms with Gasteiger partial charge in [-0.05, 0) is 26.0 Å². The summed E-state index contributed by atoms with van der Waals surface area (Å²) in [5.74, 6) is -0.607. The summed E-state index contributed by atoms with van der Waals surface area (Å²) < 4.78 is 5.32. The topological polar surface area (TPSA) is 63.3 Å². The van der Waals surface area contributed by atoms with Gasteiger partial charge in [0.25, 0.3) is 0 Å². The van der Waals surface area contributed by atoms with Crippen molar-refractivity contribution in [2.45, 2.75) is 40.0 Å². The van der Waals surface area contributed by atoms with Gasteiger partial charge in [0.05, 0.1) is 0 Å². The number of aromatic nitrogens is 1. The third-order valence-corrected chi connectivity index (χ3v) is 3.08. The second-order valence-corrected chi connectivity index (χ2v) is 6.17. The highest BCUT2D eigenvalue weighted by molar-refractivity contribution is 5.96. The number of carboxylic acid groups (broad SMARTS) is 1. The van der Waals surface area contributed by atoms with Crippen LogP contribution < -0.4 is 0 Å². The molecule has 0 aliphatic heterocycles. The molecule has 0 bridgehead atoms. The van der Waals surface area contributed by atoms with E-state index in [2.05, 4.69) is 5.16 Å². The molecule has 1 heterocycles. The van der Waals surface area contributed by atoms with Crippen molar-refractivity contribution in [2.24, 2.45) is 0 Å². The van der Waals surface area contributed by atoms with E-state index in [4.69, 9.17) is 4.52 Å². The molecule has 0 fully saturated rings. The quantitative estimate of drug-likeness (QED) is 0.899. The van der Waals surface area contributed by atoms with Crippen molar-refractivity contribution in [3.05, 3.63) is 40.6 Å². The number of hydrogen-bond donors (Lipinski definition) is 1. The Bertz CT molecular complexity index is 643. The van der Waals surface area contributed by atoms with E-state index in [1.54, 1.807) is 0 Å². The molecule has 0 saturated heterocycles. The average Bonchev–Trinajstić information content (AvgIpc) is 2.71. The van der Waals surface area contributed by atoms with Gasteiger partial charge in [-0.15, -0.1) is 0 Å². The van der Waals surface area contributed by atoms with E-state index in [-0.39, 0.29) is 5.56 Å². The lowest BCUT2D eigenvalue weighted by molar-refractivity contribution is 0.0693. The standard InChI is InChI=1S/C16H19NO3/c1-9-6-10(2)8-11(7-9)13-12(15(18)19)14(20-17-13)16(3,4)5/h6-8H,1-5H3,(H,18,19). The van der Waals surface area contributed by atoms with Crippen LogP contribution in [0, 0.1) is 13.8 Å². The van der Waals surface area contributed by atoms with Gasteiger partial charge in [-0.2, -0.15) is 0 Å². The summed E-state index contributed by atoms with van der Waals surface area (Å²) in [4.78, 5) is 11.6. The molecular formula is C16H19NO3. The highest BCUT2D eigenvalue weighted by Gasteiger charge is 2.31. The summed E-state index contributed by atoms with van der Waals surface area (Å²) >= 11 is 0. The molecule has 2 rings (SSSR count). The first-order valence-electron chi connectivity index (χ1n) is 6.52. The lowest BCUT2D eigenvalue weighted by Crippen LogP contribution is -2.15. The Kier molecular flexibility index (Phi) is 3.42. The summed E-state index contributed by atoms with van der Waals surface area (Å²) in [6.07, 6.45) is 0. The fourth-order valence-electron chi connectivity index (χ4n) is 2.31. The third-order valence-electron chi connectivity index (χ3n) is 3.08. The summed E-state index contributed by atoms with van der Waals surface area (Å²) in [7, 11) is 0. The van der Waals surface area contributed by atoms with Gasteiger partial charge in [-0.1, -0.05) is 43.1 Å². The van der Waals surface area contributed by atoms with Gasteiger partial charge in [-0.3, -0.25) is 0 Å². The van der Waals surface area contributed by atoms with Crippen LogP contribution in [0.4, 0.5) is 0 Å². The summed E-state index contributed by atoms with van der Waals surface area (Å²) in [6.45, 7) is 9.67. The normalized spacial score (nSPS) is 11.7. The molecule has 0 amide bonds. The Balaban J connectivity index is 2.69. The molecule has 1 N–H and O–H groups in total. The van der Waals surface area contributed by atoms with E-state index >= 15 is 0 Å². The molecule has 1 aromatic heterocycles. The fraction of sp³-hybridized carbons (Fsp3) is 0.375. The molecule has 2 aromatic rings. The monoisotopic (exact) mass is 273 g/mol. The third kappa shape index (κ3) is 2.59. The number of aromatic carboxylic acids is 1. The van der Waals surface area contributed by atoms with Crippen LogP contribution >= 0.6 is 0 Å². The minimum atomic E-state index is -1.01. The number of aryl methyl sites for hydroxylation is 2. The van der Waals surface area contributed by atoms with Crippen molar-refractivity contribution in [1.82, 2.24) is 5.16 Å². The molecule has 0 saturated carbocycles. The molecule has 0 aliphatic rings. The molecule has 0 spiro atoms. The summed E-state index contributed by atoms with van der Waals surface area (Å²) in [5, 5.41) is 13.5. The van der Waals surface area contributed by atoms with Crippen LogP contribution in [0.25, 0.3) is 11.3 Å². The highest BCUT2D eigenvalue weighted by atomic mass is 16.5. The van der Waals surface area contributed by atoms with Crippen molar-refractivity contribution >= 4 is 5.97 Å². The first kappa shape index (κ1) is 14.3. The molecule has 1 aromatic carbocycles. The molecular weight excluding hydrogens is 254 g/mol. The highest BCUT2D eigenvalue weighted by Crippen LogP contribution is 2.33. The lowest BCUT2D eigenvalue weighted by Gasteiger charge is -2.14. The maximum absolute atomic E-state index is 11.6. The minimum absolute atomic E-state index is 0.155. The van der Waals surface area contributed by atoms with Gasteiger partial charge in [0.15, 0.2) is 5.76 Å². The van der Waals surface area contributed by atoms with Crippen LogP contribution in [0.5, 0.6) is 0 Å². The largest absolute Gasteiger partial charge is 0.477 e. The summed E-state index contributed by atoms with van der Waals surface area (Å²) in [6, 6.07) is 5.88. The maximum atomic E-state index is 11.6. The van der Waals surface area contributed by atoms with Gasteiger partial charge < -0.3 is 9.63 Å². The average molecular weight is 273 g/mol. The molecule has 4 nitrogen and oxygen atoms in total. The van der Waals surface area contributed by atoms with Gasteiger partial charge in [0.1, 0.15) is 11.3 Å². The Morgan fingerprint density at radius 1 is 1.15 bits per heavy atom. The van der Waals surface area contributed by atoms with E-state index in [1.807, 2.05) is 52.8 Å². The zero-order valence-corrected chi connectivity index (χ0v) is 12.4. The Morgan fingerprint density at radius 2 is 1.70 bits per heavy atom. The molecule has 4 heteroatoms. The molecule has 106 valence electrons. The van der Waals surface area contributed by atoms with E-state index < -0.39 is 11.4 Å².